The SMILES string of the molecule is COC1CCC2(CC1)Cc1ccc(C#CC3CC3)cc1[C@]21N=C(N)N(CC2CCN(C)C2)C1=O. The topological polar surface area (TPSA) is 71.2 Å². The molecular weight excluding hydrogens is 424 g/mol. The third kappa shape index (κ3) is 3.39. The van der Waals surface area contributed by atoms with Gasteiger partial charge in [-0.25, -0.2) is 4.99 Å². The summed E-state index contributed by atoms with van der Waals surface area (Å²) in [6.45, 7) is 2.73. The lowest BCUT2D eigenvalue weighted by molar-refractivity contribution is -0.138. The summed E-state index contributed by atoms with van der Waals surface area (Å²) in [5.41, 5.74) is 8.68. The highest BCUT2D eigenvalue weighted by Gasteiger charge is 2.66. The van der Waals surface area contributed by atoms with E-state index in [1.807, 2.05) is 4.90 Å². The Balaban J connectivity index is 1.40. The first kappa shape index (κ1) is 22.1. The van der Waals surface area contributed by atoms with Gasteiger partial charge in [-0.1, -0.05) is 17.9 Å². The first-order chi connectivity index (χ1) is 16.4. The molecule has 0 radical (unpaired) electrons. The van der Waals surface area contributed by atoms with Gasteiger partial charge in [-0.05, 0) is 94.1 Å². The number of carbonyl (C=O) groups is 1. The largest absolute Gasteiger partial charge is 0.381 e. The minimum atomic E-state index is -0.924. The number of benzene rings is 1. The molecule has 2 saturated carbocycles. The number of methoxy groups -OCH3 is 1. The van der Waals surface area contributed by atoms with Gasteiger partial charge in [-0.15, -0.1) is 0 Å². The van der Waals surface area contributed by atoms with E-state index in [2.05, 4.69) is 42.0 Å². The summed E-state index contributed by atoms with van der Waals surface area (Å²) in [4.78, 5) is 23.7. The zero-order chi connectivity index (χ0) is 23.5. The lowest BCUT2D eigenvalue weighted by Crippen LogP contribution is -2.53. The maximum Gasteiger partial charge on any atom is 0.262 e. The third-order valence-electron chi connectivity index (χ3n) is 9.06. The summed E-state index contributed by atoms with van der Waals surface area (Å²) < 4.78 is 5.69. The van der Waals surface area contributed by atoms with Gasteiger partial charge in [0, 0.05) is 37.1 Å². The highest BCUT2D eigenvalue weighted by atomic mass is 16.5. The molecular formula is C28H36N4O2. The molecule has 1 aromatic carbocycles. The van der Waals surface area contributed by atoms with Crippen molar-refractivity contribution in [2.75, 3.05) is 33.8 Å². The number of hydrogen-bond donors (Lipinski definition) is 1. The monoisotopic (exact) mass is 460 g/mol. The minimum Gasteiger partial charge on any atom is -0.381 e. The van der Waals surface area contributed by atoms with E-state index in [1.54, 1.807) is 7.11 Å². The Labute approximate surface area is 202 Å². The van der Waals surface area contributed by atoms with Crippen LogP contribution in [0.5, 0.6) is 0 Å². The predicted octanol–water partition coefficient (Wildman–Crippen LogP) is 2.88. The second-order valence-electron chi connectivity index (χ2n) is 11.3. The fourth-order valence-electron chi connectivity index (χ4n) is 6.96. The van der Waals surface area contributed by atoms with Crippen LogP contribution in [0.3, 0.4) is 0 Å². The van der Waals surface area contributed by atoms with Crippen LogP contribution in [0.4, 0.5) is 0 Å². The van der Waals surface area contributed by atoms with Crippen molar-refractivity contribution in [3.8, 4) is 11.8 Å². The van der Waals surface area contributed by atoms with Gasteiger partial charge in [0.25, 0.3) is 5.91 Å². The Bertz CT molecular complexity index is 1090. The summed E-state index contributed by atoms with van der Waals surface area (Å²) in [7, 11) is 3.94. The number of guanidine groups is 1. The zero-order valence-corrected chi connectivity index (χ0v) is 20.5. The van der Waals surface area contributed by atoms with Crippen molar-refractivity contribution < 1.29 is 9.53 Å². The molecule has 1 saturated heterocycles. The van der Waals surface area contributed by atoms with E-state index in [9.17, 15) is 4.79 Å². The summed E-state index contributed by atoms with van der Waals surface area (Å²) in [6.07, 6.45) is 8.39. The number of likely N-dealkylation sites (tertiary alicyclic amines) is 1. The third-order valence-corrected chi connectivity index (χ3v) is 9.06. The van der Waals surface area contributed by atoms with Crippen molar-refractivity contribution in [2.24, 2.45) is 28.0 Å². The van der Waals surface area contributed by atoms with Crippen LogP contribution in [0.1, 0.15) is 61.6 Å². The number of hydrogen-bond acceptors (Lipinski definition) is 5. The molecule has 34 heavy (non-hydrogen) atoms. The molecule has 6 nitrogen and oxygen atoms in total. The number of ether oxygens (including phenoxy) is 1. The van der Waals surface area contributed by atoms with Gasteiger partial charge in [0.15, 0.2) is 11.5 Å². The maximum atomic E-state index is 14.4. The Kier molecular flexibility index (Phi) is 5.27. The first-order valence-corrected chi connectivity index (χ1v) is 13.0. The smallest absolute Gasteiger partial charge is 0.262 e. The van der Waals surface area contributed by atoms with Crippen LogP contribution in [0.15, 0.2) is 23.2 Å². The fourth-order valence-corrected chi connectivity index (χ4v) is 6.96. The molecule has 2 aliphatic heterocycles. The summed E-state index contributed by atoms with van der Waals surface area (Å²) in [6, 6.07) is 6.47. The molecule has 0 bridgehead atoms. The second kappa shape index (κ2) is 8.10. The van der Waals surface area contributed by atoms with E-state index in [4.69, 9.17) is 15.5 Å². The van der Waals surface area contributed by atoms with Gasteiger partial charge < -0.3 is 15.4 Å². The van der Waals surface area contributed by atoms with Gasteiger partial charge in [0.05, 0.1) is 6.10 Å². The van der Waals surface area contributed by atoms with E-state index in [1.165, 1.54) is 18.4 Å². The van der Waals surface area contributed by atoms with E-state index in [0.717, 1.165) is 62.7 Å². The Morgan fingerprint density at radius 1 is 1.21 bits per heavy atom. The standard InChI is InChI=1S/C28H36N4O2/c1-31-14-11-21(17-31)18-32-25(33)28(30-26(32)29)24-15-20(6-5-19-3-4-19)7-8-22(24)16-27(28)12-9-23(34-2)10-13-27/h7-8,15,19,21,23H,3-4,9-14,16-18H2,1-2H3,(H2,29,30)/t21?,23?,27?,28-/m1/s1. The number of amides is 1. The lowest BCUT2D eigenvalue weighted by atomic mass is 9.61. The molecule has 6 heteroatoms. The molecule has 3 aliphatic carbocycles. The molecule has 0 aromatic heterocycles. The van der Waals surface area contributed by atoms with E-state index in [0.29, 0.717) is 24.3 Å². The molecule has 5 aliphatic rings. The van der Waals surface area contributed by atoms with Crippen molar-refractivity contribution in [2.45, 2.75) is 63.0 Å². The molecule has 6 rings (SSSR count). The quantitative estimate of drug-likeness (QED) is 0.704. The number of fused-ring (bicyclic) bond motifs is 3. The molecule has 2 spiro atoms. The van der Waals surface area contributed by atoms with Gasteiger partial charge in [-0.3, -0.25) is 9.69 Å². The molecule has 3 fully saturated rings. The van der Waals surface area contributed by atoms with Crippen LogP contribution in [-0.4, -0.2) is 61.6 Å². The predicted molar refractivity (Wildman–Crippen MR) is 132 cm³/mol. The van der Waals surface area contributed by atoms with Crippen LogP contribution < -0.4 is 5.73 Å². The zero-order valence-electron chi connectivity index (χ0n) is 20.5. The van der Waals surface area contributed by atoms with Crippen molar-refractivity contribution in [3.05, 3.63) is 34.9 Å². The van der Waals surface area contributed by atoms with Crippen LogP contribution in [0.25, 0.3) is 0 Å². The number of rotatable bonds is 3. The van der Waals surface area contributed by atoms with Crippen LogP contribution in [0, 0.1) is 29.1 Å². The summed E-state index contributed by atoms with van der Waals surface area (Å²) in [5.74, 6) is 8.22. The highest BCUT2D eigenvalue weighted by Crippen LogP contribution is 2.62. The van der Waals surface area contributed by atoms with Crippen LogP contribution >= 0.6 is 0 Å². The molecule has 1 amide bonds. The molecule has 2 heterocycles. The molecule has 1 aromatic rings. The van der Waals surface area contributed by atoms with Crippen molar-refractivity contribution >= 4 is 11.9 Å². The average molecular weight is 461 g/mol. The second-order valence-corrected chi connectivity index (χ2v) is 11.3. The van der Waals surface area contributed by atoms with Crippen LogP contribution in [-0.2, 0) is 21.5 Å². The summed E-state index contributed by atoms with van der Waals surface area (Å²) in [5, 5.41) is 0. The minimum absolute atomic E-state index is 0.0847. The van der Waals surface area contributed by atoms with E-state index < -0.39 is 5.54 Å². The lowest BCUT2D eigenvalue weighted by Gasteiger charge is -2.45. The van der Waals surface area contributed by atoms with Crippen molar-refractivity contribution in [1.82, 2.24) is 9.80 Å². The molecule has 180 valence electrons. The number of nitrogens with zero attached hydrogens (tertiary/aromatic N) is 3. The van der Waals surface area contributed by atoms with E-state index in [-0.39, 0.29) is 17.4 Å². The Hall–Kier alpha value is -2.36. The number of aliphatic imine (C=N–C) groups is 1. The Morgan fingerprint density at radius 3 is 2.68 bits per heavy atom. The highest BCUT2D eigenvalue weighted by molar-refractivity contribution is 6.08. The van der Waals surface area contributed by atoms with Crippen molar-refractivity contribution in [1.29, 1.82) is 0 Å². The molecule has 2 atom stereocenters. The van der Waals surface area contributed by atoms with Gasteiger partial charge >= 0.3 is 0 Å². The fraction of sp³-hybridized carbons (Fsp3) is 0.643. The van der Waals surface area contributed by atoms with Gasteiger partial charge in [0.1, 0.15) is 0 Å². The van der Waals surface area contributed by atoms with Crippen LogP contribution in [0.2, 0.25) is 0 Å². The molecule has 1 unspecified atom stereocenters. The van der Waals surface area contributed by atoms with Crippen molar-refractivity contribution in [3.63, 3.8) is 0 Å². The van der Waals surface area contributed by atoms with Gasteiger partial charge in [0.2, 0.25) is 0 Å². The van der Waals surface area contributed by atoms with Gasteiger partial charge in [-0.2, -0.15) is 0 Å². The number of nitrogens with two attached hydrogens (primary N) is 1. The maximum absolute atomic E-state index is 14.4. The normalized spacial score (nSPS) is 35.1. The Morgan fingerprint density at radius 2 is 2.00 bits per heavy atom. The van der Waals surface area contributed by atoms with E-state index >= 15 is 0 Å². The first-order valence-electron chi connectivity index (χ1n) is 13.0. The molecule has 2 N–H and O–H groups in total. The number of carbonyl (C=O) groups excluding carboxylic acids is 1. The summed E-state index contributed by atoms with van der Waals surface area (Å²) >= 11 is 0. The average Bonchev–Trinajstić information content (AvgIpc) is 3.46.